The third-order valence-corrected chi connectivity index (χ3v) is 10.0. The normalized spacial score (nSPS) is 24.0. The number of hydrogen-bond acceptors (Lipinski definition) is 8. The molecule has 48 heavy (non-hydrogen) atoms. The highest BCUT2D eigenvalue weighted by Crippen LogP contribution is 2.40. The van der Waals surface area contributed by atoms with E-state index in [1.54, 1.807) is 12.3 Å². The molecule has 0 bridgehead atoms. The number of likely N-dealkylation sites (tertiary alicyclic amines) is 1. The molecule has 1 aromatic heterocycles. The van der Waals surface area contributed by atoms with Crippen LogP contribution >= 0.6 is 11.6 Å². The van der Waals surface area contributed by atoms with Gasteiger partial charge >= 0.3 is 0 Å². The van der Waals surface area contributed by atoms with Crippen molar-refractivity contribution in [2.45, 2.75) is 135 Å². The molecule has 0 aromatic carbocycles. The zero-order chi connectivity index (χ0) is 34.6. The fourth-order valence-electron chi connectivity index (χ4n) is 7.01. The lowest BCUT2D eigenvalue weighted by Gasteiger charge is -2.36. The number of Topliss-reactive ketones (excluding diaryl/α,β-unsaturated/α-hetero) is 1. The first kappa shape index (κ1) is 35.8. The van der Waals surface area contributed by atoms with Gasteiger partial charge in [-0.05, 0) is 49.5 Å². The van der Waals surface area contributed by atoms with E-state index in [9.17, 15) is 24.0 Å². The molecule has 0 radical (unpaired) electrons. The number of rotatable bonds is 12. The van der Waals surface area contributed by atoms with Crippen molar-refractivity contribution in [3.63, 3.8) is 0 Å². The smallest absolute Gasteiger partial charge is 0.289 e. The quantitative estimate of drug-likeness (QED) is 0.282. The van der Waals surface area contributed by atoms with Crippen LogP contribution in [0.1, 0.15) is 110 Å². The molecule has 13 heteroatoms. The molecule has 2 aliphatic heterocycles. The van der Waals surface area contributed by atoms with Crippen LogP contribution in [0.15, 0.2) is 23.6 Å². The van der Waals surface area contributed by atoms with Crippen molar-refractivity contribution in [2.24, 2.45) is 16.5 Å². The Hall–Kier alpha value is -3.54. The number of halogens is 1. The number of nitrogens with one attached hydrogen (secondary N) is 3. The fraction of sp³-hybridized carbons (Fsp3) is 0.686. The molecule has 0 unspecified atom stereocenters. The van der Waals surface area contributed by atoms with Gasteiger partial charge in [-0.1, -0.05) is 70.1 Å². The monoisotopic (exact) mass is 684 g/mol. The average Bonchev–Trinajstić information content (AvgIpc) is 3.63. The Morgan fingerprint density at radius 2 is 1.79 bits per heavy atom. The molecule has 12 nitrogen and oxygen atoms in total. The molecular formula is C35H49ClN6O6. The summed E-state index contributed by atoms with van der Waals surface area (Å²) < 4.78 is 0. The van der Waals surface area contributed by atoms with E-state index in [0.29, 0.717) is 29.1 Å². The van der Waals surface area contributed by atoms with Crippen LogP contribution in [-0.4, -0.2) is 81.3 Å². The van der Waals surface area contributed by atoms with Gasteiger partial charge in [0, 0.05) is 43.3 Å². The van der Waals surface area contributed by atoms with E-state index in [2.05, 4.69) is 26.1 Å². The zero-order valence-electron chi connectivity index (χ0n) is 28.5. The van der Waals surface area contributed by atoms with Crippen LogP contribution < -0.4 is 16.0 Å². The third-order valence-electron chi connectivity index (χ3n) is 9.83. The van der Waals surface area contributed by atoms with Crippen molar-refractivity contribution in [1.29, 1.82) is 0 Å². The number of carbonyl (C=O) groups excluding carboxylic acids is 5. The molecule has 3 N–H and O–H groups in total. The van der Waals surface area contributed by atoms with Crippen LogP contribution in [0.25, 0.3) is 0 Å². The Balaban J connectivity index is 1.38. The molecule has 3 fully saturated rings. The summed E-state index contributed by atoms with van der Waals surface area (Å²) in [7, 11) is 0. The van der Waals surface area contributed by atoms with Gasteiger partial charge < -0.3 is 25.7 Å². The van der Waals surface area contributed by atoms with Crippen molar-refractivity contribution in [2.75, 3.05) is 6.54 Å². The minimum atomic E-state index is -1.04. The van der Waals surface area contributed by atoms with Crippen molar-refractivity contribution >= 4 is 46.7 Å². The first-order valence-corrected chi connectivity index (χ1v) is 17.8. The number of oxime groups is 1. The van der Waals surface area contributed by atoms with Gasteiger partial charge in [-0.25, -0.2) is 0 Å². The number of nitrogens with zero attached hydrogens (tertiary/aromatic N) is 3. The van der Waals surface area contributed by atoms with Gasteiger partial charge in [0.25, 0.3) is 5.91 Å². The van der Waals surface area contributed by atoms with E-state index in [0.717, 1.165) is 38.5 Å². The molecule has 4 amide bonds. The van der Waals surface area contributed by atoms with Crippen molar-refractivity contribution in [3.8, 4) is 0 Å². The van der Waals surface area contributed by atoms with Gasteiger partial charge in [0.1, 0.15) is 12.1 Å². The van der Waals surface area contributed by atoms with Gasteiger partial charge in [-0.2, -0.15) is 0 Å². The summed E-state index contributed by atoms with van der Waals surface area (Å²) in [5.41, 5.74) is -0.454. The fourth-order valence-corrected chi connectivity index (χ4v) is 7.18. The molecule has 4 aliphatic rings. The molecule has 1 aromatic rings. The molecule has 262 valence electrons. The lowest BCUT2D eigenvalue weighted by molar-refractivity contribution is -0.145. The second-order valence-electron chi connectivity index (χ2n) is 15.1. The number of carbonyl (C=O) groups is 5. The van der Waals surface area contributed by atoms with Crippen molar-refractivity contribution in [3.05, 3.63) is 29.0 Å². The number of pyridine rings is 1. The van der Waals surface area contributed by atoms with E-state index >= 15 is 0 Å². The first-order valence-electron chi connectivity index (χ1n) is 17.4. The second-order valence-corrected chi connectivity index (χ2v) is 15.5. The summed E-state index contributed by atoms with van der Waals surface area (Å²) in [6.07, 6.45) is 11.7. The molecule has 4 atom stereocenters. The lowest BCUT2D eigenvalue weighted by atomic mass is 9.84. The molecule has 2 saturated carbocycles. The summed E-state index contributed by atoms with van der Waals surface area (Å²) in [6.45, 7) is 7.54. The third kappa shape index (κ3) is 8.73. The van der Waals surface area contributed by atoms with Crippen molar-refractivity contribution < 1.29 is 28.8 Å². The molecule has 1 saturated heterocycles. The molecular weight excluding hydrogens is 636 g/mol. The van der Waals surface area contributed by atoms with Gasteiger partial charge in [0.15, 0.2) is 5.60 Å². The maximum atomic E-state index is 14.5. The van der Waals surface area contributed by atoms with Crippen LogP contribution in [0.5, 0.6) is 0 Å². The molecule has 1 spiro atoms. The van der Waals surface area contributed by atoms with E-state index < -0.39 is 52.6 Å². The Bertz CT molecular complexity index is 1430. The minimum Gasteiger partial charge on any atom is -0.387 e. The Morgan fingerprint density at radius 1 is 1.06 bits per heavy atom. The van der Waals surface area contributed by atoms with E-state index in [1.165, 1.54) is 17.5 Å². The minimum absolute atomic E-state index is 0.00621. The average molecular weight is 685 g/mol. The van der Waals surface area contributed by atoms with Crippen LogP contribution in [0, 0.1) is 11.3 Å². The SMILES string of the molecule is CCC[C@H](NC(=O)[C@@H]1C[C@]2(CC(c3cncc(Cl)c3)=NO2)CN1C(=O)[C@@H](NC(=O)CC1CCCCC1)C(C)(C)C)C(=O)C(=O)NC1CC1. The largest absolute Gasteiger partial charge is 0.387 e. The Morgan fingerprint density at radius 3 is 2.44 bits per heavy atom. The lowest BCUT2D eigenvalue weighted by Crippen LogP contribution is -2.59. The standard InChI is InChI=1S/C35H49ClN6O6/c1-5-9-25(29(44)32(46)38-24-12-13-24)39-31(45)27-17-35(16-26(41-48-35)22-15-23(36)19-37-18-22)20-42(27)33(47)30(34(2,3)4)40-28(43)14-21-10-7-6-8-11-21/h15,18-19,21,24-25,27,30H,5-14,16-17,20H2,1-4H3,(H,38,46)(H,39,45)(H,40,43)/t25-,27-,30+,35+/m0/s1. The summed E-state index contributed by atoms with van der Waals surface area (Å²) in [6, 6.07) is -1.28. The van der Waals surface area contributed by atoms with Crippen LogP contribution in [0.2, 0.25) is 5.02 Å². The highest BCUT2D eigenvalue weighted by Gasteiger charge is 2.55. The maximum Gasteiger partial charge on any atom is 0.289 e. The van der Waals surface area contributed by atoms with Crippen LogP contribution in [0.3, 0.4) is 0 Å². The zero-order valence-corrected chi connectivity index (χ0v) is 29.2. The summed E-state index contributed by atoms with van der Waals surface area (Å²) >= 11 is 6.18. The van der Waals surface area contributed by atoms with Crippen LogP contribution in [-0.2, 0) is 28.8 Å². The van der Waals surface area contributed by atoms with Crippen molar-refractivity contribution in [1.82, 2.24) is 25.8 Å². The summed E-state index contributed by atoms with van der Waals surface area (Å²) in [5.74, 6) is -2.29. The maximum absolute atomic E-state index is 14.5. The highest BCUT2D eigenvalue weighted by atomic mass is 35.5. The van der Waals surface area contributed by atoms with E-state index in [4.69, 9.17) is 16.4 Å². The first-order chi connectivity index (χ1) is 22.8. The molecule has 5 rings (SSSR count). The van der Waals surface area contributed by atoms with E-state index in [1.807, 2.05) is 27.7 Å². The topological polar surface area (TPSA) is 159 Å². The predicted molar refractivity (Wildman–Crippen MR) is 180 cm³/mol. The van der Waals surface area contributed by atoms with Crippen LogP contribution in [0.4, 0.5) is 0 Å². The number of ketones is 1. The van der Waals surface area contributed by atoms with Gasteiger partial charge in [-0.3, -0.25) is 29.0 Å². The van der Waals surface area contributed by atoms with Gasteiger partial charge in [0.2, 0.25) is 23.5 Å². The van der Waals surface area contributed by atoms with Gasteiger partial charge in [0.05, 0.1) is 23.3 Å². The summed E-state index contributed by atoms with van der Waals surface area (Å²) in [4.78, 5) is 79.4. The second kappa shape index (κ2) is 14.9. The predicted octanol–water partition coefficient (Wildman–Crippen LogP) is 3.83. The Labute approximate surface area is 287 Å². The van der Waals surface area contributed by atoms with E-state index in [-0.39, 0.29) is 43.7 Å². The van der Waals surface area contributed by atoms with Gasteiger partial charge in [-0.15, -0.1) is 0 Å². The molecule has 3 heterocycles. The Kier molecular flexibility index (Phi) is 11.1. The summed E-state index contributed by atoms with van der Waals surface area (Å²) in [5, 5.41) is 13.3. The molecule has 2 aliphatic carbocycles. The highest BCUT2D eigenvalue weighted by molar-refractivity contribution is 6.38. The number of amides is 4. The number of aromatic nitrogens is 1. The number of hydrogen-bond donors (Lipinski definition) is 3.